The molecule has 1 heterocycles. The monoisotopic (exact) mass is 453 g/mol. The van der Waals surface area contributed by atoms with Crippen LogP contribution < -0.4 is 4.74 Å². The molecule has 3 rings (SSSR count). The molecular formula is C26H28ClNO4. The Bertz CT molecular complexity index is 1070. The molecule has 0 aliphatic carbocycles. The number of hydrogen-bond acceptors (Lipinski definition) is 4. The lowest BCUT2D eigenvalue weighted by Crippen LogP contribution is -2.18. The molecule has 1 aromatic heterocycles. The zero-order valence-electron chi connectivity index (χ0n) is 18.5. The summed E-state index contributed by atoms with van der Waals surface area (Å²) in [6.45, 7) is 6.65. The molecule has 1 N–H and O–H groups in total. The first-order valence-electron chi connectivity index (χ1n) is 10.6. The summed E-state index contributed by atoms with van der Waals surface area (Å²) in [5.74, 6) is 1.04. The average Bonchev–Trinajstić information content (AvgIpc) is 3.14. The topological polar surface area (TPSA) is 60.7 Å². The van der Waals surface area contributed by atoms with E-state index in [1.807, 2.05) is 72.2 Å². The molecule has 5 nitrogen and oxygen atoms in total. The van der Waals surface area contributed by atoms with Crippen molar-refractivity contribution in [2.24, 2.45) is 0 Å². The minimum atomic E-state index is -0.274. The summed E-state index contributed by atoms with van der Waals surface area (Å²) in [6.07, 6.45) is 5.41. The van der Waals surface area contributed by atoms with E-state index >= 15 is 0 Å². The van der Waals surface area contributed by atoms with Crippen LogP contribution in [0.5, 0.6) is 5.75 Å². The Morgan fingerprint density at radius 1 is 1.12 bits per heavy atom. The molecule has 32 heavy (non-hydrogen) atoms. The van der Waals surface area contributed by atoms with Crippen molar-refractivity contribution >= 4 is 23.5 Å². The Morgan fingerprint density at radius 2 is 1.88 bits per heavy atom. The van der Waals surface area contributed by atoms with Gasteiger partial charge in [-0.3, -0.25) is 10.1 Å². The highest BCUT2D eigenvalue weighted by Gasteiger charge is 2.15. The second-order valence-electron chi connectivity index (χ2n) is 8.00. The fraction of sp³-hybridized carbons (Fsp3) is 0.269. The Hall–Kier alpha value is -2.86. The van der Waals surface area contributed by atoms with Crippen LogP contribution in [0.4, 0.5) is 0 Å². The second-order valence-corrected chi connectivity index (χ2v) is 8.44. The third-order valence-electron chi connectivity index (χ3n) is 5.05. The van der Waals surface area contributed by atoms with E-state index in [2.05, 4.69) is 18.7 Å². The SMILES string of the molecule is CC(C)c1ccc(C(=O)c2cc(Cl)cn2CC=Cc2cccc(O[C@@H](C)COO)c2)cc1. The van der Waals surface area contributed by atoms with Gasteiger partial charge in [0.05, 0.1) is 10.7 Å². The molecule has 3 aromatic rings. The minimum Gasteiger partial charge on any atom is -0.488 e. The molecule has 0 saturated heterocycles. The quantitative estimate of drug-likeness (QED) is 0.217. The zero-order chi connectivity index (χ0) is 23.1. The van der Waals surface area contributed by atoms with Crippen molar-refractivity contribution < 1.29 is 19.7 Å². The highest BCUT2D eigenvalue weighted by Crippen LogP contribution is 2.21. The number of allylic oxidation sites excluding steroid dienone is 1. The Labute approximate surface area is 193 Å². The summed E-state index contributed by atoms with van der Waals surface area (Å²) < 4.78 is 7.55. The smallest absolute Gasteiger partial charge is 0.209 e. The third-order valence-corrected chi connectivity index (χ3v) is 5.26. The molecule has 6 heteroatoms. The maximum Gasteiger partial charge on any atom is 0.209 e. The number of ether oxygens (including phenoxy) is 1. The van der Waals surface area contributed by atoms with Gasteiger partial charge in [0.2, 0.25) is 5.78 Å². The van der Waals surface area contributed by atoms with E-state index in [0.29, 0.717) is 34.5 Å². The summed E-state index contributed by atoms with van der Waals surface area (Å²) in [6, 6.07) is 17.0. The molecule has 0 saturated carbocycles. The normalized spacial score (nSPS) is 12.4. The van der Waals surface area contributed by atoms with Gasteiger partial charge in [-0.05, 0) is 42.2 Å². The molecule has 0 bridgehead atoms. The van der Waals surface area contributed by atoms with E-state index in [4.69, 9.17) is 21.6 Å². The van der Waals surface area contributed by atoms with Crippen LogP contribution in [-0.4, -0.2) is 28.3 Å². The van der Waals surface area contributed by atoms with Crippen LogP contribution in [-0.2, 0) is 11.4 Å². The van der Waals surface area contributed by atoms with Crippen LogP contribution in [0.25, 0.3) is 6.08 Å². The van der Waals surface area contributed by atoms with Gasteiger partial charge >= 0.3 is 0 Å². The largest absolute Gasteiger partial charge is 0.488 e. The first-order chi connectivity index (χ1) is 15.4. The van der Waals surface area contributed by atoms with Crippen molar-refractivity contribution in [2.45, 2.75) is 39.3 Å². The van der Waals surface area contributed by atoms with E-state index in [9.17, 15) is 4.79 Å². The summed E-state index contributed by atoms with van der Waals surface area (Å²) in [4.78, 5) is 17.2. The van der Waals surface area contributed by atoms with Crippen LogP contribution in [0.1, 0.15) is 53.9 Å². The van der Waals surface area contributed by atoms with Gasteiger partial charge in [0.1, 0.15) is 18.5 Å². The van der Waals surface area contributed by atoms with Crippen LogP contribution in [0.3, 0.4) is 0 Å². The lowest BCUT2D eigenvalue weighted by molar-refractivity contribution is -0.253. The molecule has 0 aliphatic heterocycles. The first-order valence-corrected chi connectivity index (χ1v) is 10.9. The standard InChI is InChI=1S/C26H28ClNO4/c1-18(2)21-9-11-22(12-10-21)26(29)25-15-23(27)16-28(25)13-5-7-20-6-4-8-24(14-20)32-19(3)17-31-30/h4-12,14-16,18-19,30H,13,17H2,1-3H3/t19-/m0/s1. The molecular weight excluding hydrogens is 426 g/mol. The summed E-state index contributed by atoms with van der Waals surface area (Å²) >= 11 is 6.21. The number of carbonyl (C=O) groups is 1. The van der Waals surface area contributed by atoms with Crippen LogP contribution in [0, 0.1) is 0 Å². The molecule has 1 atom stereocenters. The van der Waals surface area contributed by atoms with Gasteiger partial charge in [-0.25, -0.2) is 4.89 Å². The number of carbonyl (C=O) groups excluding carboxylic acids is 1. The molecule has 2 aromatic carbocycles. The van der Waals surface area contributed by atoms with E-state index in [1.54, 1.807) is 12.3 Å². The van der Waals surface area contributed by atoms with Crippen molar-refractivity contribution in [3.8, 4) is 5.75 Å². The van der Waals surface area contributed by atoms with Gasteiger partial charge in [-0.2, -0.15) is 0 Å². The Balaban J connectivity index is 1.71. The molecule has 0 amide bonds. The van der Waals surface area contributed by atoms with Gasteiger partial charge in [0.25, 0.3) is 0 Å². The van der Waals surface area contributed by atoms with Gasteiger partial charge in [-0.1, -0.05) is 74.0 Å². The molecule has 0 unspecified atom stereocenters. The maximum atomic E-state index is 13.0. The lowest BCUT2D eigenvalue weighted by atomic mass is 10.00. The molecule has 0 radical (unpaired) electrons. The number of halogens is 1. The highest BCUT2D eigenvalue weighted by molar-refractivity contribution is 6.31. The van der Waals surface area contributed by atoms with Crippen LogP contribution in [0.15, 0.2) is 66.9 Å². The number of nitrogens with zero attached hydrogens (tertiary/aromatic N) is 1. The Kier molecular flexibility index (Phi) is 8.28. The van der Waals surface area contributed by atoms with Crippen molar-refractivity contribution in [1.29, 1.82) is 0 Å². The van der Waals surface area contributed by atoms with Gasteiger partial charge < -0.3 is 9.30 Å². The van der Waals surface area contributed by atoms with E-state index in [-0.39, 0.29) is 18.5 Å². The van der Waals surface area contributed by atoms with Crippen molar-refractivity contribution in [1.82, 2.24) is 4.57 Å². The number of ketones is 1. The number of aromatic nitrogens is 1. The third kappa shape index (κ3) is 6.33. The maximum absolute atomic E-state index is 13.0. The van der Waals surface area contributed by atoms with Gasteiger partial charge in [-0.15, -0.1) is 0 Å². The average molecular weight is 454 g/mol. The first kappa shape index (κ1) is 23.8. The fourth-order valence-electron chi connectivity index (χ4n) is 3.35. The predicted molar refractivity (Wildman–Crippen MR) is 128 cm³/mol. The molecule has 168 valence electrons. The van der Waals surface area contributed by atoms with Crippen LogP contribution >= 0.6 is 11.6 Å². The van der Waals surface area contributed by atoms with Crippen molar-refractivity contribution in [3.05, 3.63) is 94.3 Å². The summed E-state index contributed by atoms with van der Waals surface area (Å²) in [7, 11) is 0. The molecule has 0 fully saturated rings. The summed E-state index contributed by atoms with van der Waals surface area (Å²) in [5, 5.41) is 9.06. The number of hydrogen-bond donors (Lipinski definition) is 1. The fourth-order valence-corrected chi connectivity index (χ4v) is 3.57. The minimum absolute atomic E-state index is 0.0592. The summed E-state index contributed by atoms with van der Waals surface area (Å²) in [5.41, 5.74) is 3.34. The molecule has 0 spiro atoms. The zero-order valence-corrected chi connectivity index (χ0v) is 19.3. The van der Waals surface area contributed by atoms with E-state index in [1.165, 1.54) is 5.56 Å². The Morgan fingerprint density at radius 3 is 2.56 bits per heavy atom. The van der Waals surface area contributed by atoms with Crippen LogP contribution in [0.2, 0.25) is 5.02 Å². The predicted octanol–water partition coefficient (Wildman–Crippen LogP) is 6.47. The lowest BCUT2D eigenvalue weighted by Gasteiger charge is -2.13. The highest BCUT2D eigenvalue weighted by atomic mass is 35.5. The number of benzene rings is 2. The van der Waals surface area contributed by atoms with Crippen molar-refractivity contribution in [2.75, 3.05) is 6.61 Å². The van der Waals surface area contributed by atoms with Crippen molar-refractivity contribution in [3.63, 3.8) is 0 Å². The number of rotatable bonds is 10. The van der Waals surface area contributed by atoms with Gasteiger partial charge in [0.15, 0.2) is 0 Å². The van der Waals surface area contributed by atoms with Gasteiger partial charge in [0, 0.05) is 18.3 Å². The second kappa shape index (κ2) is 11.1. The molecule has 0 aliphatic rings. The van der Waals surface area contributed by atoms with E-state index in [0.717, 1.165) is 5.56 Å². The van der Waals surface area contributed by atoms with E-state index < -0.39 is 0 Å².